The van der Waals surface area contributed by atoms with Gasteiger partial charge in [-0.1, -0.05) is 0 Å². The molecule has 1 aromatic carbocycles. The van der Waals surface area contributed by atoms with Crippen LogP contribution in [0.1, 0.15) is 35.8 Å². The van der Waals surface area contributed by atoms with Crippen molar-refractivity contribution < 1.29 is 19.0 Å². The number of carbonyl (C=O) groups is 1. The molecule has 0 aliphatic heterocycles. The lowest BCUT2D eigenvalue weighted by molar-refractivity contribution is 0.0694. The van der Waals surface area contributed by atoms with E-state index in [2.05, 4.69) is 0 Å². The Hall–Kier alpha value is -2.37. The van der Waals surface area contributed by atoms with Crippen molar-refractivity contribution in [3.05, 3.63) is 39.4 Å². The number of fused-ring (bicyclic) bond motifs is 1. The number of halogens is 1. The maximum atomic E-state index is 14.0. The van der Waals surface area contributed by atoms with E-state index < -0.39 is 17.2 Å². The second-order valence-electron chi connectivity index (χ2n) is 5.09. The van der Waals surface area contributed by atoms with Crippen molar-refractivity contribution in [2.75, 3.05) is 7.11 Å². The number of aromatic carboxylic acids is 1. The fourth-order valence-corrected chi connectivity index (χ4v) is 2.36. The zero-order valence-corrected chi connectivity index (χ0v) is 12.2. The highest BCUT2D eigenvalue weighted by atomic mass is 19.1. The average Bonchev–Trinajstić information content (AvgIpc) is 2.41. The summed E-state index contributed by atoms with van der Waals surface area (Å²) >= 11 is 0. The summed E-state index contributed by atoms with van der Waals surface area (Å²) in [5, 5.41) is 9.15. The SMILES string of the molecule is COc1c(C)c(F)cc2c(=O)c(C(=O)O)cn(C(C)C)c12. The molecule has 21 heavy (non-hydrogen) atoms. The van der Waals surface area contributed by atoms with Gasteiger partial charge in [0.05, 0.1) is 18.0 Å². The minimum Gasteiger partial charge on any atom is -0.494 e. The van der Waals surface area contributed by atoms with Gasteiger partial charge in [0.15, 0.2) is 0 Å². The Balaban J connectivity index is 3.12. The predicted octanol–water partition coefficient (Wildman–Crippen LogP) is 2.74. The molecule has 0 radical (unpaired) electrons. The van der Waals surface area contributed by atoms with Crippen molar-refractivity contribution in [3.8, 4) is 5.75 Å². The molecule has 0 atom stereocenters. The fourth-order valence-electron chi connectivity index (χ4n) is 2.36. The third kappa shape index (κ3) is 2.26. The molecule has 0 saturated carbocycles. The van der Waals surface area contributed by atoms with Crippen LogP contribution in [0.2, 0.25) is 0 Å². The molecule has 2 rings (SSSR count). The summed E-state index contributed by atoms with van der Waals surface area (Å²) < 4.78 is 20.8. The van der Waals surface area contributed by atoms with Gasteiger partial charge < -0.3 is 14.4 Å². The van der Waals surface area contributed by atoms with Gasteiger partial charge in [0.25, 0.3) is 0 Å². The highest BCUT2D eigenvalue weighted by Crippen LogP contribution is 2.32. The van der Waals surface area contributed by atoms with Gasteiger partial charge in [-0.05, 0) is 26.8 Å². The molecule has 2 aromatic rings. The topological polar surface area (TPSA) is 68.5 Å². The van der Waals surface area contributed by atoms with Crippen LogP contribution in [-0.2, 0) is 0 Å². The van der Waals surface area contributed by atoms with Crippen LogP contribution < -0.4 is 10.2 Å². The number of pyridine rings is 1. The molecule has 0 amide bonds. The average molecular weight is 293 g/mol. The normalized spacial score (nSPS) is 11.1. The van der Waals surface area contributed by atoms with E-state index in [1.165, 1.54) is 13.3 Å². The Bertz CT molecular complexity index is 793. The van der Waals surface area contributed by atoms with E-state index in [9.17, 15) is 14.0 Å². The van der Waals surface area contributed by atoms with Crippen LogP contribution >= 0.6 is 0 Å². The van der Waals surface area contributed by atoms with Crippen LogP contribution in [0.4, 0.5) is 4.39 Å². The molecule has 0 spiro atoms. The van der Waals surface area contributed by atoms with Gasteiger partial charge in [0, 0.05) is 17.8 Å². The third-order valence-electron chi connectivity index (χ3n) is 3.45. The highest BCUT2D eigenvalue weighted by molar-refractivity contribution is 5.95. The van der Waals surface area contributed by atoms with Crippen LogP contribution in [0.5, 0.6) is 5.75 Å². The molecular formula is C15H16FNO4. The molecule has 0 aliphatic carbocycles. The second kappa shape index (κ2) is 5.20. The fraction of sp³-hybridized carbons (Fsp3) is 0.333. The van der Waals surface area contributed by atoms with Crippen LogP contribution in [0, 0.1) is 12.7 Å². The summed E-state index contributed by atoms with van der Waals surface area (Å²) in [7, 11) is 1.39. The Labute approximate surface area is 120 Å². The largest absolute Gasteiger partial charge is 0.494 e. The molecule has 1 N–H and O–H groups in total. The van der Waals surface area contributed by atoms with E-state index in [1.807, 2.05) is 13.8 Å². The minimum atomic E-state index is -1.34. The van der Waals surface area contributed by atoms with Crippen molar-refractivity contribution in [2.45, 2.75) is 26.8 Å². The number of benzene rings is 1. The van der Waals surface area contributed by atoms with Crippen molar-refractivity contribution in [2.24, 2.45) is 0 Å². The molecule has 0 bridgehead atoms. The molecule has 6 heteroatoms. The number of ether oxygens (including phenoxy) is 1. The summed E-state index contributed by atoms with van der Waals surface area (Å²) in [5.74, 6) is -1.70. The number of carboxylic acids is 1. The predicted molar refractivity (Wildman–Crippen MR) is 76.8 cm³/mol. The Morgan fingerprint density at radius 1 is 1.43 bits per heavy atom. The molecule has 1 heterocycles. The van der Waals surface area contributed by atoms with Crippen LogP contribution in [-0.4, -0.2) is 22.8 Å². The summed E-state index contributed by atoms with van der Waals surface area (Å²) in [4.78, 5) is 23.5. The lowest BCUT2D eigenvalue weighted by atomic mass is 10.1. The van der Waals surface area contributed by atoms with Crippen molar-refractivity contribution >= 4 is 16.9 Å². The van der Waals surface area contributed by atoms with Crippen molar-refractivity contribution in [3.63, 3.8) is 0 Å². The first-order valence-corrected chi connectivity index (χ1v) is 6.44. The first kappa shape index (κ1) is 15.0. The highest BCUT2D eigenvalue weighted by Gasteiger charge is 2.21. The van der Waals surface area contributed by atoms with E-state index in [1.54, 1.807) is 11.5 Å². The Morgan fingerprint density at radius 2 is 2.05 bits per heavy atom. The Kier molecular flexibility index (Phi) is 3.72. The summed E-state index contributed by atoms with van der Waals surface area (Å²) in [6.07, 6.45) is 1.28. The first-order chi connectivity index (χ1) is 9.79. The van der Waals surface area contributed by atoms with E-state index >= 15 is 0 Å². The maximum Gasteiger partial charge on any atom is 0.341 e. The number of carboxylic acid groups (broad SMARTS) is 1. The van der Waals surface area contributed by atoms with Gasteiger partial charge in [-0.3, -0.25) is 4.79 Å². The molecule has 0 unspecified atom stereocenters. The summed E-state index contributed by atoms with van der Waals surface area (Å²) in [5.41, 5.74) is -0.420. The maximum absolute atomic E-state index is 14.0. The summed E-state index contributed by atoms with van der Waals surface area (Å²) in [6.45, 7) is 5.23. The third-order valence-corrected chi connectivity index (χ3v) is 3.45. The zero-order chi connectivity index (χ0) is 15.9. The molecule has 0 fully saturated rings. The van der Waals surface area contributed by atoms with E-state index in [0.29, 0.717) is 5.52 Å². The summed E-state index contributed by atoms with van der Waals surface area (Å²) in [6, 6.07) is 0.950. The Morgan fingerprint density at radius 3 is 2.52 bits per heavy atom. The monoisotopic (exact) mass is 293 g/mol. The van der Waals surface area contributed by atoms with Gasteiger partial charge in [0.1, 0.15) is 17.1 Å². The van der Waals surface area contributed by atoms with Gasteiger partial charge in [-0.25, -0.2) is 9.18 Å². The van der Waals surface area contributed by atoms with E-state index in [4.69, 9.17) is 9.84 Å². The molecule has 112 valence electrons. The van der Waals surface area contributed by atoms with E-state index in [-0.39, 0.29) is 28.3 Å². The first-order valence-electron chi connectivity index (χ1n) is 6.44. The molecule has 0 saturated heterocycles. The standard InChI is InChI=1S/C15H16FNO4/c1-7(2)17-6-10(15(19)20)13(18)9-5-11(16)8(3)14(21-4)12(9)17/h5-7H,1-4H3,(H,19,20). The number of hydrogen-bond donors (Lipinski definition) is 1. The number of aromatic nitrogens is 1. The smallest absolute Gasteiger partial charge is 0.341 e. The number of nitrogens with zero attached hydrogens (tertiary/aromatic N) is 1. The lowest BCUT2D eigenvalue weighted by Gasteiger charge is -2.19. The minimum absolute atomic E-state index is 0.00329. The number of rotatable bonds is 3. The van der Waals surface area contributed by atoms with Crippen molar-refractivity contribution in [1.29, 1.82) is 0 Å². The van der Waals surface area contributed by atoms with Gasteiger partial charge in [-0.2, -0.15) is 0 Å². The van der Waals surface area contributed by atoms with Gasteiger partial charge in [0.2, 0.25) is 5.43 Å². The quantitative estimate of drug-likeness (QED) is 0.944. The van der Waals surface area contributed by atoms with E-state index in [0.717, 1.165) is 6.07 Å². The van der Waals surface area contributed by atoms with Gasteiger partial charge >= 0.3 is 5.97 Å². The van der Waals surface area contributed by atoms with Crippen LogP contribution in [0.15, 0.2) is 17.1 Å². The molecule has 1 aromatic heterocycles. The van der Waals surface area contributed by atoms with Crippen molar-refractivity contribution in [1.82, 2.24) is 4.57 Å². The second-order valence-corrected chi connectivity index (χ2v) is 5.09. The van der Waals surface area contributed by atoms with Crippen LogP contribution in [0.25, 0.3) is 10.9 Å². The lowest BCUT2D eigenvalue weighted by Crippen LogP contribution is -2.20. The molecule has 5 nitrogen and oxygen atoms in total. The zero-order valence-electron chi connectivity index (χ0n) is 12.2. The number of hydrogen-bond acceptors (Lipinski definition) is 3. The number of methoxy groups -OCH3 is 1. The molecule has 0 aliphatic rings. The molecular weight excluding hydrogens is 277 g/mol. The van der Waals surface area contributed by atoms with Crippen LogP contribution in [0.3, 0.4) is 0 Å². The van der Waals surface area contributed by atoms with Gasteiger partial charge in [-0.15, -0.1) is 0 Å².